The Balaban J connectivity index is 2.12. The molecule has 90 valence electrons. The molecular formula is C11H14N4S2. The van der Waals surface area contributed by atoms with Crippen LogP contribution in [0.5, 0.6) is 0 Å². The Labute approximate surface area is 109 Å². The van der Waals surface area contributed by atoms with Crippen LogP contribution < -0.4 is 5.73 Å². The lowest BCUT2D eigenvalue weighted by molar-refractivity contribution is 1.09. The Hall–Kier alpha value is -1.14. The van der Waals surface area contributed by atoms with Crippen molar-refractivity contribution in [2.45, 2.75) is 30.9 Å². The van der Waals surface area contributed by atoms with E-state index in [1.54, 1.807) is 11.8 Å². The molecule has 6 heteroatoms. The number of thioether (sulfide) groups is 1. The van der Waals surface area contributed by atoms with Crippen LogP contribution in [0.4, 0.5) is 5.69 Å². The largest absolute Gasteiger partial charge is 0.398 e. The fraction of sp³-hybridized carbons (Fsp3) is 0.364. The topological polar surface area (TPSA) is 64.7 Å². The van der Waals surface area contributed by atoms with E-state index in [0.29, 0.717) is 0 Å². The SMILES string of the molecule is Cc1nsc(SCc2ncc(C)c(N)c2C)n1. The van der Waals surface area contributed by atoms with Crippen LogP contribution >= 0.6 is 23.3 Å². The van der Waals surface area contributed by atoms with Crippen LogP contribution in [0.1, 0.15) is 22.6 Å². The van der Waals surface area contributed by atoms with E-state index < -0.39 is 0 Å². The number of aryl methyl sites for hydroxylation is 2. The molecule has 0 radical (unpaired) electrons. The Kier molecular flexibility index (Phi) is 3.63. The van der Waals surface area contributed by atoms with Crippen LogP contribution in [0.3, 0.4) is 0 Å². The summed E-state index contributed by atoms with van der Waals surface area (Å²) in [6, 6.07) is 0. The monoisotopic (exact) mass is 266 g/mol. The van der Waals surface area contributed by atoms with Gasteiger partial charge in [0.05, 0.1) is 5.69 Å². The summed E-state index contributed by atoms with van der Waals surface area (Å²) in [4.78, 5) is 8.72. The van der Waals surface area contributed by atoms with E-state index in [1.165, 1.54) is 11.5 Å². The van der Waals surface area contributed by atoms with Gasteiger partial charge in [0.2, 0.25) is 0 Å². The summed E-state index contributed by atoms with van der Waals surface area (Å²) in [6.45, 7) is 5.88. The minimum atomic E-state index is 0.783. The molecule has 17 heavy (non-hydrogen) atoms. The number of nitrogen functional groups attached to an aromatic ring is 1. The second kappa shape index (κ2) is 5.01. The van der Waals surface area contributed by atoms with Crippen molar-refractivity contribution in [3.05, 3.63) is 28.8 Å². The zero-order valence-corrected chi connectivity index (χ0v) is 11.7. The second-order valence-electron chi connectivity index (χ2n) is 3.82. The number of aromatic nitrogens is 3. The first-order valence-corrected chi connectivity index (χ1v) is 6.97. The molecule has 0 aliphatic carbocycles. The van der Waals surface area contributed by atoms with E-state index in [-0.39, 0.29) is 0 Å². The van der Waals surface area contributed by atoms with E-state index in [1.807, 2.05) is 27.0 Å². The van der Waals surface area contributed by atoms with Crippen LogP contribution in [0, 0.1) is 20.8 Å². The van der Waals surface area contributed by atoms with Crippen molar-refractivity contribution in [3.8, 4) is 0 Å². The maximum atomic E-state index is 5.98. The number of anilines is 1. The number of pyridine rings is 1. The molecule has 0 amide bonds. The molecule has 0 aromatic carbocycles. The lowest BCUT2D eigenvalue weighted by atomic mass is 10.1. The Bertz CT molecular complexity index is 536. The number of rotatable bonds is 3. The van der Waals surface area contributed by atoms with Gasteiger partial charge in [0, 0.05) is 17.6 Å². The molecule has 0 bridgehead atoms. The summed E-state index contributed by atoms with van der Waals surface area (Å²) in [5.74, 6) is 1.61. The first-order chi connectivity index (χ1) is 8.08. The number of nitrogens with two attached hydrogens (primary N) is 1. The lowest BCUT2D eigenvalue weighted by Crippen LogP contribution is -2.00. The molecule has 0 saturated carbocycles. The summed E-state index contributed by atoms with van der Waals surface area (Å²) in [5.41, 5.74) is 9.94. The third kappa shape index (κ3) is 2.76. The summed E-state index contributed by atoms with van der Waals surface area (Å²) < 4.78 is 5.12. The minimum absolute atomic E-state index is 0.783. The van der Waals surface area contributed by atoms with Crippen LogP contribution in [0.25, 0.3) is 0 Å². The van der Waals surface area contributed by atoms with Crippen molar-refractivity contribution in [1.29, 1.82) is 0 Å². The molecule has 0 unspecified atom stereocenters. The first kappa shape index (κ1) is 12.3. The smallest absolute Gasteiger partial charge is 0.170 e. The van der Waals surface area contributed by atoms with Gasteiger partial charge in [0.25, 0.3) is 0 Å². The highest BCUT2D eigenvalue weighted by Gasteiger charge is 2.08. The molecule has 4 nitrogen and oxygen atoms in total. The zero-order valence-electron chi connectivity index (χ0n) is 10.0. The van der Waals surface area contributed by atoms with Gasteiger partial charge in [-0.3, -0.25) is 4.98 Å². The van der Waals surface area contributed by atoms with Gasteiger partial charge in [0.15, 0.2) is 4.34 Å². The molecule has 2 aromatic rings. The first-order valence-electron chi connectivity index (χ1n) is 5.21. The van der Waals surface area contributed by atoms with Crippen LogP contribution in [-0.2, 0) is 5.75 Å². The van der Waals surface area contributed by atoms with Gasteiger partial charge in [-0.2, -0.15) is 4.37 Å². The average Bonchev–Trinajstić information content (AvgIpc) is 2.71. The lowest BCUT2D eigenvalue weighted by Gasteiger charge is -2.08. The molecular weight excluding hydrogens is 252 g/mol. The molecule has 2 N–H and O–H groups in total. The number of nitrogens with zero attached hydrogens (tertiary/aromatic N) is 3. The fourth-order valence-corrected chi connectivity index (χ4v) is 3.08. The highest BCUT2D eigenvalue weighted by molar-refractivity contribution is 8.00. The predicted octanol–water partition coefficient (Wildman–Crippen LogP) is 2.73. The highest BCUT2D eigenvalue weighted by Crippen LogP contribution is 2.27. The molecule has 2 rings (SSSR count). The van der Waals surface area contributed by atoms with Crippen molar-refractivity contribution in [2.75, 3.05) is 5.73 Å². The molecule has 2 heterocycles. The van der Waals surface area contributed by atoms with Crippen molar-refractivity contribution < 1.29 is 0 Å². The van der Waals surface area contributed by atoms with E-state index in [4.69, 9.17) is 5.73 Å². The average molecular weight is 266 g/mol. The zero-order chi connectivity index (χ0) is 12.4. The van der Waals surface area contributed by atoms with Gasteiger partial charge in [-0.1, -0.05) is 11.8 Å². The van der Waals surface area contributed by atoms with Gasteiger partial charge in [0.1, 0.15) is 5.82 Å². The van der Waals surface area contributed by atoms with E-state index in [2.05, 4.69) is 14.3 Å². The molecule has 0 atom stereocenters. The number of hydrogen-bond donors (Lipinski definition) is 1. The maximum Gasteiger partial charge on any atom is 0.170 e. The Morgan fingerprint density at radius 1 is 1.35 bits per heavy atom. The Morgan fingerprint density at radius 3 is 2.76 bits per heavy atom. The van der Waals surface area contributed by atoms with E-state index in [0.717, 1.165) is 38.4 Å². The Morgan fingerprint density at radius 2 is 2.12 bits per heavy atom. The molecule has 0 spiro atoms. The van der Waals surface area contributed by atoms with E-state index in [9.17, 15) is 0 Å². The van der Waals surface area contributed by atoms with Crippen molar-refractivity contribution in [1.82, 2.24) is 14.3 Å². The van der Waals surface area contributed by atoms with E-state index >= 15 is 0 Å². The predicted molar refractivity (Wildman–Crippen MR) is 72.3 cm³/mol. The highest BCUT2D eigenvalue weighted by atomic mass is 32.2. The summed E-state index contributed by atoms with van der Waals surface area (Å²) in [5, 5.41) is 0. The minimum Gasteiger partial charge on any atom is -0.398 e. The fourth-order valence-electron chi connectivity index (χ4n) is 1.40. The second-order valence-corrected chi connectivity index (χ2v) is 5.80. The van der Waals surface area contributed by atoms with Crippen molar-refractivity contribution in [3.63, 3.8) is 0 Å². The third-order valence-electron chi connectivity index (χ3n) is 2.52. The van der Waals surface area contributed by atoms with Crippen molar-refractivity contribution >= 4 is 29.0 Å². The molecule has 2 aromatic heterocycles. The quantitative estimate of drug-likeness (QED) is 0.865. The maximum absolute atomic E-state index is 5.98. The summed E-state index contributed by atoms with van der Waals surface area (Å²) >= 11 is 3.07. The van der Waals surface area contributed by atoms with Gasteiger partial charge >= 0.3 is 0 Å². The summed E-state index contributed by atoms with van der Waals surface area (Å²) in [6.07, 6.45) is 1.82. The third-order valence-corrected chi connectivity index (χ3v) is 4.45. The van der Waals surface area contributed by atoms with Crippen LogP contribution in [0.15, 0.2) is 10.5 Å². The van der Waals surface area contributed by atoms with Crippen LogP contribution in [-0.4, -0.2) is 14.3 Å². The molecule has 0 aliphatic rings. The molecule has 0 saturated heterocycles. The van der Waals surface area contributed by atoms with Gasteiger partial charge in [-0.05, 0) is 43.4 Å². The number of hydrogen-bond acceptors (Lipinski definition) is 6. The molecule has 0 fully saturated rings. The summed E-state index contributed by atoms with van der Waals surface area (Å²) in [7, 11) is 0. The van der Waals surface area contributed by atoms with Gasteiger partial charge < -0.3 is 5.73 Å². The van der Waals surface area contributed by atoms with Crippen LogP contribution in [0.2, 0.25) is 0 Å². The van der Waals surface area contributed by atoms with Gasteiger partial charge in [-0.25, -0.2) is 4.98 Å². The van der Waals surface area contributed by atoms with Gasteiger partial charge in [-0.15, -0.1) is 0 Å². The standard InChI is InChI=1S/C11H14N4S2/c1-6-4-13-9(7(2)10(6)12)5-16-11-14-8(3)15-17-11/h4H,5H2,1-3H3,(H2,12,13). The van der Waals surface area contributed by atoms with Crippen molar-refractivity contribution in [2.24, 2.45) is 0 Å². The normalized spacial score (nSPS) is 10.8. The molecule has 0 aliphatic heterocycles.